The second-order valence-electron chi connectivity index (χ2n) is 4.54. The Morgan fingerprint density at radius 3 is 2.40 bits per heavy atom. The molecule has 0 unspecified atom stereocenters. The van der Waals surface area contributed by atoms with E-state index >= 15 is 0 Å². The van der Waals surface area contributed by atoms with E-state index in [9.17, 15) is 0 Å². The van der Waals surface area contributed by atoms with Crippen LogP contribution >= 0.6 is 0 Å². The Morgan fingerprint density at radius 2 is 1.93 bits per heavy atom. The van der Waals surface area contributed by atoms with Crippen LogP contribution in [-0.4, -0.2) is 20.1 Å². The van der Waals surface area contributed by atoms with Gasteiger partial charge in [-0.25, -0.2) is 0 Å². The minimum Gasteiger partial charge on any atom is -0.378 e. The summed E-state index contributed by atoms with van der Waals surface area (Å²) in [6.45, 7) is 7.47. The lowest BCUT2D eigenvalue weighted by atomic mass is 10.1. The first-order valence-corrected chi connectivity index (χ1v) is 5.51. The lowest BCUT2D eigenvalue weighted by molar-refractivity contribution is 0.587. The van der Waals surface area contributed by atoms with Crippen molar-refractivity contribution in [2.24, 2.45) is 0 Å². The topological polar surface area (TPSA) is 15.3 Å². The molecule has 15 heavy (non-hydrogen) atoms. The molecule has 0 aliphatic carbocycles. The van der Waals surface area contributed by atoms with Crippen LogP contribution in [0, 0.1) is 6.92 Å². The summed E-state index contributed by atoms with van der Waals surface area (Å²) < 4.78 is 0. The van der Waals surface area contributed by atoms with Crippen LogP contribution in [0.15, 0.2) is 18.2 Å². The predicted molar refractivity (Wildman–Crippen MR) is 67.5 cm³/mol. The SMILES string of the molecule is Cc1cc(N(C)C)ccc1CNC(C)C. The van der Waals surface area contributed by atoms with Crippen LogP contribution in [0.3, 0.4) is 0 Å². The molecule has 1 N–H and O–H groups in total. The van der Waals surface area contributed by atoms with Gasteiger partial charge in [0.2, 0.25) is 0 Å². The van der Waals surface area contributed by atoms with Gasteiger partial charge in [-0.15, -0.1) is 0 Å². The maximum Gasteiger partial charge on any atom is 0.0363 e. The zero-order valence-electron chi connectivity index (χ0n) is 10.5. The molecule has 1 aromatic rings. The average Bonchev–Trinajstić information content (AvgIpc) is 2.15. The van der Waals surface area contributed by atoms with E-state index in [2.05, 4.69) is 63.3 Å². The van der Waals surface area contributed by atoms with Crippen LogP contribution in [0.25, 0.3) is 0 Å². The number of anilines is 1. The van der Waals surface area contributed by atoms with Gasteiger partial charge in [0.05, 0.1) is 0 Å². The Kier molecular flexibility index (Phi) is 4.15. The van der Waals surface area contributed by atoms with E-state index in [-0.39, 0.29) is 0 Å². The fourth-order valence-corrected chi connectivity index (χ4v) is 1.47. The minimum atomic E-state index is 0.540. The maximum atomic E-state index is 3.44. The van der Waals surface area contributed by atoms with Crippen LogP contribution in [0.4, 0.5) is 5.69 Å². The largest absolute Gasteiger partial charge is 0.378 e. The molecule has 0 saturated carbocycles. The average molecular weight is 206 g/mol. The summed E-state index contributed by atoms with van der Waals surface area (Å²) in [6, 6.07) is 7.15. The number of nitrogens with one attached hydrogen (secondary N) is 1. The summed E-state index contributed by atoms with van der Waals surface area (Å²) in [5.41, 5.74) is 4.00. The second-order valence-corrected chi connectivity index (χ2v) is 4.54. The predicted octanol–water partition coefficient (Wildman–Crippen LogP) is 2.56. The van der Waals surface area contributed by atoms with Crippen molar-refractivity contribution >= 4 is 5.69 Å². The van der Waals surface area contributed by atoms with Gasteiger partial charge in [-0.3, -0.25) is 0 Å². The van der Waals surface area contributed by atoms with E-state index in [1.165, 1.54) is 16.8 Å². The van der Waals surface area contributed by atoms with Crippen molar-refractivity contribution in [2.75, 3.05) is 19.0 Å². The number of hydrogen-bond acceptors (Lipinski definition) is 2. The third-order valence-corrected chi connectivity index (χ3v) is 2.54. The summed E-state index contributed by atoms with van der Waals surface area (Å²) in [5, 5.41) is 3.44. The van der Waals surface area contributed by atoms with E-state index in [0.29, 0.717) is 6.04 Å². The number of benzene rings is 1. The highest BCUT2D eigenvalue weighted by Crippen LogP contribution is 2.17. The van der Waals surface area contributed by atoms with Gasteiger partial charge in [0, 0.05) is 32.4 Å². The normalized spacial score (nSPS) is 10.8. The summed E-state index contributed by atoms with van der Waals surface area (Å²) in [7, 11) is 4.14. The lowest BCUT2D eigenvalue weighted by Crippen LogP contribution is -2.22. The van der Waals surface area contributed by atoms with Crippen LogP contribution in [-0.2, 0) is 6.54 Å². The molecular formula is C13H22N2. The van der Waals surface area contributed by atoms with Crippen molar-refractivity contribution in [2.45, 2.75) is 33.4 Å². The molecule has 0 bridgehead atoms. The molecule has 0 heterocycles. The monoisotopic (exact) mass is 206 g/mol. The standard InChI is InChI=1S/C13H22N2/c1-10(2)14-9-12-6-7-13(15(4)5)8-11(12)3/h6-8,10,14H,9H2,1-5H3. The van der Waals surface area contributed by atoms with Gasteiger partial charge in [0.25, 0.3) is 0 Å². The van der Waals surface area contributed by atoms with Gasteiger partial charge < -0.3 is 10.2 Å². The van der Waals surface area contributed by atoms with Crippen molar-refractivity contribution in [3.05, 3.63) is 29.3 Å². The molecule has 2 heteroatoms. The van der Waals surface area contributed by atoms with E-state index in [1.54, 1.807) is 0 Å². The van der Waals surface area contributed by atoms with E-state index in [1.807, 2.05) is 0 Å². The first kappa shape index (κ1) is 12.1. The van der Waals surface area contributed by atoms with Gasteiger partial charge in [-0.2, -0.15) is 0 Å². The molecule has 0 radical (unpaired) electrons. The second kappa shape index (κ2) is 5.17. The van der Waals surface area contributed by atoms with E-state index < -0.39 is 0 Å². The highest BCUT2D eigenvalue weighted by Gasteiger charge is 2.02. The van der Waals surface area contributed by atoms with Crippen LogP contribution < -0.4 is 10.2 Å². The fourth-order valence-electron chi connectivity index (χ4n) is 1.47. The van der Waals surface area contributed by atoms with Crippen LogP contribution in [0.5, 0.6) is 0 Å². The molecule has 2 nitrogen and oxygen atoms in total. The van der Waals surface area contributed by atoms with Crippen molar-refractivity contribution in [3.8, 4) is 0 Å². The molecule has 0 amide bonds. The van der Waals surface area contributed by atoms with Crippen molar-refractivity contribution in [3.63, 3.8) is 0 Å². The zero-order chi connectivity index (χ0) is 11.4. The Balaban J connectivity index is 2.75. The highest BCUT2D eigenvalue weighted by molar-refractivity contribution is 5.49. The number of nitrogens with zero attached hydrogens (tertiary/aromatic N) is 1. The number of rotatable bonds is 4. The van der Waals surface area contributed by atoms with Gasteiger partial charge in [-0.05, 0) is 30.2 Å². The highest BCUT2D eigenvalue weighted by atomic mass is 15.1. The quantitative estimate of drug-likeness (QED) is 0.814. The molecule has 84 valence electrons. The van der Waals surface area contributed by atoms with Crippen LogP contribution in [0.2, 0.25) is 0 Å². The molecule has 0 saturated heterocycles. The summed E-state index contributed by atoms with van der Waals surface area (Å²) >= 11 is 0. The summed E-state index contributed by atoms with van der Waals surface area (Å²) in [5.74, 6) is 0. The molecular weight excluding hydrogens is 184 g/mol. The van der Waals surface area contributed by atoms with Crippen molar-refractivity contribution < 1.29 is 0 Å². The summed E-state index contributed by atoms with van der Waals surface area (Å²) in [6.07, 6.45) is 0. The third-order valence-electron chi connectivity index (χ3n) is 2.54. The lowest BCUT2D eigenvalue weighted by Gasteiger charge is -2.16. The van der Waals surface area contributed by atoms with Crippen molar-refractivity contribution in [1.29, 1.82) is 0 Å². The Morgan fingerprint density at radius 1 is 1.27 bits per heavy atom. The van der Waals surface area contributed by atoms with Gasteiger partial charge in [-0.1, -0.05) is 19.9 Å². The smallest absolute Gasteiger partial charge is 0.0363 e. The first-order valence-electron chi connectivity index (χ1n) is 5.51. The van der Waals surface area contributed by atoms with Crippen LogP contribution in [0.1, 0.15) is 25.0 Å². The molecule has 1 aromatic carbocycles. The molecule has 0 aliphatic heterocycles. The number of aryl methyl sites for hydroxylation is 1. The molecule has 1 rings (SSSR count). The first-order chi connectivity index (χ1) is 7.00. The molecule has 0 fully saturated rings. The molecule has 0 atom stereocenters. The fraction of sp³-hybridized carbons (Fsp3) is 0.538. The summed E-state index contributed by atoms with van der Waals surface area (Å²) in [4.78, 5) is 2.13. The zero-order valence-corrected chi connectivity index (χ0v) is 10.5. The van der Waals surface area contributed by atoms with E-state index in [0.717, 1.165) is 6.54 Å². The Hall–Kier alpha value is -1.02. The van der Waals surface area contributed by atoms with Crippen molar-refractivity contribution in [1.82, 2.24) is 5.32 Å². The molecule has 0 spiro atoms. The Labute approximate surface area is 93.3 Å². The Bertz CT molecular complexity index is 316. The van der Waals surface area contributed by atoms with Gasteiger partial charge in [0.1, 0.15) is 0 Å². The van der Waals surface area contributed by atoms with Gasteiger partial charge in [0.15, 0.2) is 0 Å². The molecule has 0 aliphatic rings. The molecule has 0 aromatic heterocycles. The maximum absolute atomic E-state index is 3.44. The van der Waals surface area contributed by atoms with Gasteiger partial charge >= 0.3 is 0 Å². The third kappa shape index (κ3) is 3.56. The minimum absolute atomic E-state index is 0.540. The van der Waals surface area contributed by atoms with E-state index in [4.69, 9.17) is 0 Å². The number of hydrogen-bond donors (Lipinski definition) is 1.